The first-order valence-electron chi connectivity index (χ1n) is 6.15. The lowest BCUT2D eigenvalue weighted by molar-refractivity contribution is -0.113. The van der Waals surface area contributed by atoms with Crippen LogP contribution in [0.4, 0.5) is 5.13 Å². The van der Waals surface area contributed by atoms with Gasteiger partial charge in [-0.15, -0.1) is 23.1 Å². The third kappa shape index (κ3) is 3.55. The first-order chi connectivity index (χ1) is 10.2. The summed E-state index contributed by atoms with van der Waals surface area (Å²) in [6, 6.07) is 9.66. The van der Waals surface area contributed by atoms with Crippen LogP contribution in [0.2, 0.25) is 0 Å². The Balaban J connectivity index is 1.65. The summed E-state index contributed by atoms with van der Waals surface area (Å²) in [6.45, 7) is 0. The summed E-state index contributed by atoms with van der Waals surface area (Å²) in [5, 5.41) is 5.46. The van der Waals surface area contributed by atoms with Crippen molar-refractivity contribution < 1.29 is 9.53 Å². The van der Waals surface area contributed by atoms with E-state index in [2.05, 4.69) is 10.3 Å². The molecule has 0 saturated carbocycles. The van der Waals surface area contributed by atoms with Crippen molar-refractivity contribution in [3.8, 4) is 5.75 Å². The minimum Gasteiger partial charge on any atom is -0.497 e. The van der Waals surface area contributed by atoms with Gasteiger partial charge in [0.25, 0.3) is 0 Å². The van der Waals surface area contributed by atoms with Crippen LogP contribution >= 0.6 is 34.4 Å². The number of fused-ring (bicyclic) bond motifs is 1. The average molecular weight is 336 g/mol. The van der Waals surface area contributed by atoms with E-state index in [0.29, 0.717) is 10.9 Å². The molecule has 3 rings (SSSR count). The number of amides is 1. The molecular formula is C14H12N2O2S3. The van der Waals surface area contributed by atoms with E-state index in [1.807, 2.05) is 35.7 Å². The predicted molar refractivity (Wildman–Crippen MR) is 89.8 cm³/mol. The highest BCUT2D eigenvalue weighted by Gasteiger charge is 2.09. The highest BCUT2D eigenvalue weighted by Crippen LogP contribution is 2.29. The van der Waals surface area contributed by atoms with E-state index >= 15 is 0 Å². The van der Waals surface area contributed by atoms with Crippen LogP contribution in [0.1, 0.15) is 0 Å². The standard InChI is InChI=1S/C14H12N2O2S3/c1-18-9-4-5-10-11(7-9)21-14(15-10)16-12(17)8-20-13-3-2-6-19-13/h2-7H,8H2,1H3,(H,15,16,17). The van der Waals surface area contributed by atoms with Crippen molar-refractivity contribution >= 4 is 55.7 Å². The van der Waals surface area contributed by atoms with Crippen LogP contribution < -0.4 is 10.1 Å². The van der Waals surface area contributed by atoms with Gasteiger partial charge in [0.1, 0.15) is 5.75 Å². The summed E-state index contributed by atoms with van der Waals surface area (Å²) in [5.74, 6) is 1.14. The number of benzene rings is 1. The molecular weight excluding hydrogens is 324 g/mol. The lowest BCUT2D eigenvalue weighted by Crippen LogP contribution is -2.13. The lowest BCUT2D eigenvalue weighted by atomic mass is 10.3. The predicted octanol–water partition coefficient (Wildman–Crippen LogP) is 4.10. The zero-order valence-corrected chi connectivity index (χ0v) is 13.6. The van der Waals surface area contributed by atoms with Gasteiger partial charge in [0.2, 0.25) is 5.91 Å². The molecule has 0 aliphatic carbocycles. The van der Waals surface area contributed by atoms with Crippen LogP contribution in [0.25, 0.3) is 10.2 Å². The minimum atomic E-state index is -0.0422. The molecule has 0 spiro atoms. The van der Waals surface area contributed by atoms with E-state index in [0.717, 1.165) is 20.2 Å². The number of hydrogen-bond donors (Lipinski definition) is 1. The molecule has 0 aliphatic rings. The SMILES string of the molecule is COc1ccc2nc(NC(=O)CSc3cccs3)sc2c1. The molecule has 0 saturated heterocycles. The second-order valence-electron chi connectivity index (χ2n) is 4.12. The number of aromatic nitrogens is 1. The summed E-state index contributed by atoms with van der Waals surface area (Å²) in [4.78, 5) is 16.3. The maximum Gasteiger partial charge on any atom is 0.236 e. The van der Waals surface area contributed by atoms with E-state index in [4.69, 9.17) is 4.74 Å². The van der Waals surface area contributed by atoms with Crippen LogP contribution in [0.3, 0.4) is 0 Å². The summed E-state index contributed by atoms with van der Waals surface area (Å²) >= 11 is 4.61. The van der Waals surface area contributed by atoms with Crippen molar-refractivity contribution in [2.45, 2.75) is 4.21 Å². The number of nitrogens with one attached hydrogen (secondary N) is 1. The molecule has 21 heavy (non-hydrogen) atoms. The normalized spacial score (nSPS) is 10.7. The maximum absolute atomic E-state index is 11.9. The van der Waals surface area contributed by atoms with Crippen LogP contribution in [0.15, 0.2) is 39.9 Å². The molecule has 0 radical (unpaired) electrons. The Morgan fingerprint density at radius 1 is 1.43 bits per heavy atom. The number of hydrogen-bond acceptors (Lipinski definition) is 6. The van der Waals surface area contributed by atoms with Crippen molar-refractivity contribution in [1.29, 1.82) is 0 Å². The van der Waals surface area contributed by atoms with Gasteiger partial charge in [0, 0.05) is 0 Å². The van der Waals surface area contributed by atoms with Crippen molar-refractivity contribution in [2.75, 3.05) is 18.2 Å². The summed E-state index contributed by atoms with van der Waals surface area (Å²) in [6.07, 6.45) is 0. The van der Waals surface area contributed by atoms with Crippen LogP contribution in [0.5, 0.6) is 5.75 Å². The molecule has 4 nitrogen and oxygen atoms in total. The highest BCUT2D eigenvalue weighted by molar-refractivity contribution is 8.01. The minimum absolute atomic E-state index is 0.0422. The van der Waals surface area contributed by atoms with Gasteiger partial charge >= 0.3 is 0 Å². The quantitative estimate of drug-likeness (QED) is 0.713. The van der Waals surface area contributed by atoms with Crippen molar-refractivity contribution in [3.63, 3.8) is 0 Å². The van der Waals surface area contributed by atoms with Crippen LogP contribution in [0, 0.1) is 0 Å². The van der Waals surface area contributed by atoms with Gasteiger partial charge in [-0.2, -0.15) is 0 Å². The molecule has 108 valence electrons. The first-order valence-corrected chi connectivity index (χ1v) is 8.83. The van der Waals surface area contributed by atoms with Gasteiger partial charge in [-0.1, -0.05) is 17.4 Å². The molecule has 0 bridgehead atoms. The number of carbonyl (C=O) groups excluding carboxylic acids is 1. The van der Waals surface area contributed by atoms with Gasteiger partial charge in [-0.05, 0) is 29.6 Å². The zero-order chi connectivity index (χ0) is 14.7. The largest absolute Gasteiger partial charge is 0.497 e. The Labute approximate surface area is 134 Å². The van der Waals surface area contributed by atoms with Gasteiger partial charge in [-0.3, -0.25) is 4.79 Å². The van der Waals surface area contributed by atoms with E-state index in [1.54, 1.807) is 18.4 Å². The average Bonchev–Trinajstić information content (AvgIpc) is 3.13. The third-order valence-corrected chi connectivity index (χ3v) is 5.75. The number of carbonyl (C=O) groups is 1. The first kappa shape index (κ1) is 14.4. The number of thiazole rings is 1. The molecule has 2 aromatic heterocycles. The Morgan fingerprint density at radius 3 is 3.10 bits per heavy atom. The summed E-state index contributed by atoms with van der Waals surface area (Å²) in [7, 11) is 1.63. The van der Waals surface area contributed by atoms with Crippen LogP contribution in [-0.2, 0) is 4.79 Å². The molecule has 0 fully saturated rings. The number of thiophene rings is 1. The van der Waals surface area contributed by atoms with Crippen LogP contribution in [-0.4, -0.2) is 23.8 Å². The van der Waals surface area contributed by atoms with E-state index in [-0.39, 0.29) is 5.91 Å². The highest BCUT2D eigenvalue weighted by atomic mass is 32.2. The fourth-order valence-corrected chi connectivity index (χ4v) is 4.22. The second-order valence-corrected chi connectivity index (χ2v) is 7.38. The Kier molecular flexibility index (Phi) is 4.42. The smallest absolute Gasteiger partial charge is 0.236 e. The molecule has 0 aliphatic heterocycles. The number of rotatable bonds is 5. The van der Waals surface area contributed by atoms with E-state index < -0.39 is 0 Å². The lowest BCUT2D eigenvalue weighted by Gasteiger charge is -1.99. The van der Waals surface area contributed by atoms with Crippen molar-refractivity contribution in [3.05, 3.63) is 35.7 Å². The molecule has 0 unspecified atom stereocenters. The number of nitrogens with zero attached hydrogens (tertiary/aromatic N) is 1. The Morgan fingerprint density at radius 2 is 2.33 bits per heavy atom. The molecule has 1 N–H and O–H groups in total. The van der Waals surface area contributed by atoms with E-state index in [1.165, 1.54) is 23.1 Å². The summed E-state index contributed by atoms with van der Waals surface area (Å²) < 4.78 is 7.32. The molecule has 3 aromatic rings. The zero-order valence-electron chi connectivity index (χ0n) is 11.2. The van der Waals surface area contributed by atoms with Crippen molar-refractivity contribution in [1.82, 2.24) is 4.98 Å². The van der Waals surface area contributed by atoms with Gasteiger partial charge in [0.15, 0.2) is 5.13 Å². The van der Waals surface area contributed by atoms with E-state index in [9.17, 15) is 4.79 Å². The second kappa shape index (κ2) is 6.46. The molecule has 7 heteroatoms. The Bertz CT molecular complexity index is 753. The van der Waals surface area contributed by atoms with Gasteiger partial charge in [0.05, 0.1) is 27.3 Å². The van der Waals surface area contributed by atoms with Gasteiger partial charge in [-0.25, -0.2) is 4.98 Å². The fourth-order valence-electron chi connectivity index (χ4n) is 1.72. The molecule has 1 aromatic carbocycles. The topological polar surface area (TPSA) is 51.2 Å². The third-order valence-electron chi connectivity index (χ3n) is 2.68. The van der Waals surface area contributed by atoms with Crippen molar-refractivity contribution in [2.24, 2.45) is 0 Å². The monoisotopic (exact) mass is 336 g/mol. The number of thioether (sulfide) groups is 1. The fraction of sp³-hybridized carbons (Fsp3) is 0.143. The van der Waals surface area contributed by atoms with Gasteiger partial charge < -0.3 is 10.1 Å². The summed E-state index contributed by atoms with van der Waals surface area (Å²) in [5.41, 5.74) is 0.863. The Hall–Kier alpha value is -1.57. The molecule has 0 atom stereocenters. The maximum atomic E-state index is 11.9. The molecule has 1 amide bonds. The molecule has 2 heterocycles. The number of anilines is 1. The number of methoxy groups -OCH3 is 1. The number of ether oxygens (including phenoxy) is 1.